The molecule has 0 radical (unpaired) electrons. The summed E-state index contributed by atoms with van der Waals surface area (Å²) in [4.78, 5) is 1.42. The van der Waals surface area contributed by atoms with Gasteiger partial charge in [-0.3, -0.25) is 4.68 Å². The van der Waals surface area contributed by atoms with Crippen molar-refractivity contribution in [3.63, 3.8) is 0 Å². The van der Waals surface area contributed by atoms with Crippen molar-refractivity contribution in [3.8, 4) is 11.1 Å². The number of rotatable bonds is 1. The molecule has 1 aliphatic heterocycles. The number of fused-ring (bicyclic) bond motifs is 1. The second-order valence-electron chi connectivity index (χ2n) is 4.74. The van der Waals surface area contributed by atoms with Gasteiger partial charge in [0.2, 0.25) is 0 Å². The molecule has 2 aromatic rings. The number of aryl methyl sites for hydroxylation is 3. The van der Waals surface area contributed by atoms with Crippen molar-refractivity contribution in [2.24, 2.45) is 7.05 Å². The van der Waals surface area contributed by atoms with Crippen LogP contribution in [0.4, 0.5) is 5.82 Å². The number of thioether (sulfide) groups is 1. The van der Waals surface area contributed by atoms with Gasteiger partial charge in [-0.25, -0.2) is 0 Å². The molecule has 4 heteroatoms. The summed E-state index contributed by atoms with van der Waals surface area (Å²) in [7, 11) is 1.89. The molecule has 0 bridgehead atoms. The fourth-order valence-electron chi connectivity index (χ4n) is 2.55. The van der Waals surface area contributed by atoms with Crippen molar-refractivity contribution < 1.29 is 0 Å². The smallest absolute Gasteiger partial charge is 0.129 e. The molecule has 2 N–H and O–H groups in total. The second kappa shape index (κ2) is 4.35. The molecule has 0 saturated heterocycles. The van der Waals surface area contributed by atoms with Gasteiger partial charge in [-0.1, -0.05) is 6.07 Å². The summed E-state index contributed by atoms with van der Waals surface area (Å²) in [6.07, 6.45) is 2.44. The van der Waals surface area contributed by atoms with Gasteiger partial charge in [-0.2, -0.15) is 5.10 Å². The van der Waals surface area contributed by atoms with Crippen molar-refractivity contribution in [3.05, 3.63) is 29.5 Å². The van der Waals surface area contributed by atoms with E-state index in [9.17, 15) is 0 Å². The Morgan fingerprint density at radius 1 is 1.39 bits per heavy atom. The molecular formula is C14H17N3S. The molecule has 3 nitrogen and oxygen atoms in total. The van der Waals surface area contributed by atoms with Crippen molar-refractivity contribution >= 4 is 17.6 Å². The zero-order valence-corrected chi connectivity index (χ0v) is 11.5. The first kappa shape index (κ1) is 11.7. The van der Waals surface area contributed by atoms with Crippen LogP contribution < -0.4 is 5.73 Å². The van der Waals surface area contributed by atoms with Crippen molar-refractivity contribution in [2.75, 3.05) is 11.5 Å². The summed E-state index contributed by atoms with van der Waals surface area (Å²) in [6, 6.07) is 6.67. The van der Waals surface area contributed by atoms with Crippen LogP contribution in [0.1, 0.15) is 17.7 Å². The molecule has 0 aliphatic carbocycles. The fraction of sp³-hybridized carbons (Fsp3) is 0.357. The number of nitrogen functional groups attached to an aromatic ring is 1. The Bertz CT molecular complexity index is 601. The van der Waals surface area contributed by atoms with Crippen LogP contribution in [0.25, 0.3) is 11.1 Å². The Balaban J connectivity index is 2.12. The highest BCUT2D eigenvalue weighted by atomic mass is 32.2. The second-order valence-corrected chi connectivity index (χ2v) is 5.88. The predicted molar refractivity (Wildman–Crippen MR) is 76.8 cm³/mol. The minimum absolute atomic E-state index is 0.746. The van der Waals surface area contributed by atoms with Crippen molar-refractivity contribution in [2.45, 2.75) is 24.7 Å². The highest BCUT2D eigenvalue weighted by Gasteiger charge is 2.15. The molecule has 0 saturated carbocycles. The van der Waals surface area contributed by atoms with E-state index in [1.807, 2.05) is 25.7 Å². The molecule has 1 aromatic carbocycles. The molecular weight excluding hydrogens is 242 g/mol. The number of anilines is 1. The lowest BCUT2D eigenvalue weighted by Gasteiger charge is -2.16. The maximum atomic E-state index is 6.11. The Morgan fingerprint density at radius 3 is 2.94 bits per heavy atom. The van der Waals surface area contributed by atoms with Crippen LogP contribution >= 0.6 is 11.8 Å². The van der Waals surface area contributed by atoms with Gasteiger partial charge in [0.25, 0.3) is 0 Å². The summed E-state index contributed by atoms with van der Waals surface area (Å²) >= 11 is 1.95. The summed E-state index contributed by atoms with van der Waals surface area (Å²) in [5.74, 6) is 1.98. The highest BCUT2D eigenvalue weighted by molar-refractivity contribution is 7.99. The van der Waals surface area contributed by atoms with Crippen molar-refractivity contribution in [1.82, 2.24) is 9.78 Å². The molecule has 0 fully saturated rings. The minimum atomic E-state index is 0.746. The lowest BCUT2D eigenvalue weighted by molar-refractivity contribution is 0.767. The van der Waals surface area contributed by atoms with E-state index in [1.165, 1.54) is 34.6 Å². The molecule has 3 rings (SSSR count). The topological polar surface area (TPSA) is 43.8 Å². The van der Waals surface area contributed by atoms with Crippen LogP contribution in [0.2, 0.25) is 0 Å². The summed E-state index contributed by atoms with van der Waals surface area (Å²) in [6.45, 7) is 2.01. The van der Waals surface area contributed by atoms with Gasteiger partial charge in [-0.05, 0) is 48.8 Å². The van der Waals surface area contributed by atoms with E-state index in [1.54, 1.807) is 4.68 Å². The molecule has 18 heavy (non-hydrogen) atoms. The summed E-state index contributed by atoms with van der Waals surface area (Å²) < 4.78 is 1.75. The number of nitrogens with zero attached hydrogens (tertiary/aromatic N) is 2. The van der Waals surface area contributed by atoms with Crippen LogP contribution in [0.15, 0.2) is 23.1 Å². The quantitative estimate of drug-likeness (QED) is 0.856. The zero-order chi connectivity index (χ0) is 12.7. The number of hydrogen-bond acceptors (Lipinski definition) is 3. The van der Waals surface area contributed by atoms with Gasteiger partial charge in [0, 0.05) is 17.5 Å². The van der Waals surface area contributed by atoms with E-state index in [-0.39, 0.29) is 0 Å². The molecule has 2 heterocycles. The third kappa shape index (κ3) is 1.81. The summed E-state index contributed by atoms with van der Waals surface area (Å²) in [5, 5.41) is 4.39. The third-order valence-electron chi connectivity index (χ3n) is 3.46. The molecule has 1 aliphatic rings. The maximum Gasteiger partial charge on any atom is 0.129 e. The zero-order valence-electron chi connectivity index (χ0n) is 10.7. The molecule has 0 spiro atoms. The number of nitrogens with two attached hydrogens (primary N) is 1. The van der Waals surface area contributed by atoms with Gasteiger partial charge in [0.05, 0.1) is 5.69 Å². The van der Waals surface area contributed by atoms with E-state index < -0.39 is 0 Å². The van der Waals surface area contributed by atoms with Gasteiger partial charge in [-0.15, -0.1) is 11.8 Å². The number of hydrogen-bond donors (Lipinski definition) is 1. The van der Waals surface area contributed by atoms with Gasteiger partial charge in [0.15, 0.2) is 0 Å². The lowest BCUT2D eigenvalue weighted by atomic mass is 10.0. The van der Waals surface area contributed by atoms with Gasteiger partial charge in [0.1, 0.15) is 5.82 Å². The normalized spacial score (nSPS) is 14.6. The van der Waals surface area contributed by atoms with Crippen LogP contribution in [0.3, 0.4) is 0 Å². The summed E-state index contributed by atoms with van der Waals surface area (Å²) in [5.41, 5.74) is 10.8. The Labute approximate surface area is 111 Å². The average Bonchev–Trinajstić information content (AvgIpc) is 2.63. The van der Waals surface area contributed by atoms with Gasteiger partial charge >= 0.3 is 0 Å². The van der Waals surface area contributed by atoms with E-state index in [0.29, 0.717) is 0 Å². The first-order valence-corrected chi connectivity index (χ1v) is 7.20. The minimum Gasteiger partial charge on any atom is -0.383 e. The molecule has 94 valence electrons. The van der Waals surface area contributed by atoms with E-state index in [2.05, 4.69) is 23.3 Å². The lowest BCUT2D eigenvalue weighted by Crippen LogP contribution is -2.00. The van der Waals surface area contributed by atoms with Crippen LogP contribution in [-0.4, -0.2) is 15.5 Å². The third-order valence-corrected chi connectivity index (χ3v) is 4.67. The highest BCUT2D eigenvalue weighted by Crippen LogP contribution is 2.35. The van der Waals surface area contributed by atoms with E-state index in [0.717, 1.165) is 17.1 Å². The van der Waals surface area contributed by atoms with Crippen LogP contribution in [0.5, 0.6) is 0 Å². The number of aromatic nitrogens is 2. The molecule has 1 aromatic heterocycles. The van der Waals surface area contributed by atoms with E-state index in [4.69, 9.17) is 5.73 Å². The Morgan fingerprint density at radius 2 is 2.22 bits per heavy atom. The Hall–Kier alpha value is -1.42. The first-order chi connectivity index (χ1) is 8.66. The monoisotopic (exact) mass is 259 g/mol. The van der Waals surface area contributed by atoms with Crippen LogP contribution in [-0.2, 0) is 13.5 Å². The average molecular weight is 259 g/mol. The first-order valence-electron chi connectivity index (χ1n) is 6.22. The largest absolute Gasteiger partial charge is 0.383 e. The Kier molecular flexibility index (Phi) is 2.82. The van der Waals surface area contributed by atoms with Gasteiger partial charge < -0.3 is 5.73 Å². The van der Waals surface area contributed by atoms with E-state index >= 15 is 0 Å². The maximum absolute atomic E-state index is 6.11. The van der Waals surface area contributed by atoms with Crippen LogP contribution in [0, 0.1) is 6.92 Å². The predicted octanol–water partition coefficient (Wildman–Crippen LogP) is 3.02. The van der Waals surface area contributed by atoms with Crippen molar-refractivity contribution in [1.29, 1.82) is 0 Å². The fourth-order valence-corrected chi connectivity index (χ4v) is 3.57. The number of benzene rings is 1. The molecule has 0 atom stereocenters. The molecule has 0 amide bonds. The SMILES string of the molecule is Cc1nn(C)c(N)c1-c1ccc2c(c1)CCCS2. The standard InChI is InChI=1S/C14H17N3S/c1-9-13(14(15)17(2)16-9)11-5-6-12-10(8-11)4-3-7-18-12/h5-6,8H,3-4,7,15H2,1-2H3. The molecule has 0 unspecified atom stereocenters.